The Kier molecular flexibility index (Phi) is 5.43. The van der Waals surface area contributed by atoms with E-state index in [-0.39, 0.29) is 17.8 Å². The summed E-state index contributed by atoms with van der Waals surface area (Å²) < 4.78 is 13.4. The summed E-state index contributed by atoms with van der Waals surface area (Å²) in [6.07, 6.45) is 1.67. The monoisotopic (exact) mass is 301 g/mol. The first kappa shape index (κ1) is 15.9. The van der Waals surface area contributed by atoms with Gasteiger partial charge in [0.2, 0.25) is 0 Å². The highest BCUT2D eigenvalue weighted by atomic mass is 19.1. The molecule has 1 atom stereocenters. The van der Waals surface area contributed by atoms with Crippen LogP contribution in [0.2, 0.25) is 0 Å². The van der Waals surface area contributed by atoms with Gasteiger partial charge in [-0.05, 0) is 43.9 Å². The summed E-state index contributed by atoms with van der Waals surface area (Å²) >= 11 is 0. The standard InChI is InChI=1S/C16H20FN5/c1-22(2)14(12-6-5-7-13(17)10-12)11-20-16(18)21-15-8-3-4-9-19-15/h3-10,14H,11H2,1-2H3,(H3,18,19,20,21). The number of likely N-dealkylation sites (N-methyl/N-ethyl adjacent to an activating group) is 1. The number of aromatic nitrogens is 1. The van der Waals surface area contributed by atoms with E-state index in [0.717, 1.165) is 5.56 Å². The van der Waals surface area contributed by atoms with Crippen molar-refractivity contribution in [1.82, 2.24) is 9.88 Å². The molecule has 0 radical (unpaired) electrons. The molecule has 0 amide bonds. The van der Waals surface area contributed by atoms with Gasteiger partial charge >= 0.3 is 0 Å². The molecule has 0 aliphatic carbocycles. The van der Waals surface area contributed by atoms with Gasteiger partial charge < -0.3 is 16.0 Å². The lowest BCUT2D eigenvalue weighted by Crippen LogP contribution is -2.27. The normalized spacial score (nSPS) is 13.2. The summed E-state index contributed by atoms with van der Waals surface area (Å²) in [5.74, 6) is 0.658. The minimum absolute atomic E-state index is 0.0558. The lowest BCUT2D eigenvalue weighted by molar-refractivity contribution is 0.306. The molecule has 0 saturated heterocycles. The van der Waals surface area contributed by atoms with Crippen molar-refractivity contribution in [2.45, 2.75) is 6.04 Å². The maximum atomic E-state index is 13.4. The van der Waals surface area contributed by atoms with Gasteiger partial charge in [-0.2, -0.15) is 0 Å². The van der Waals surface area contributed by atoms with Crippen LogP contribution >= 0.6 is 0 Å². The van der Waals surface area contributed by atoms with Crippen molar-refractivity contribution >= 4 is 11.8 Å². The largest absolute Gasteiger partial charge is 0.370 e. The van der Waals surface area contributed by atoms with E-state index < -0.39 is 0 Å². The highest BCUT2D eigenvalue weighted by Crippen LogP contribution is 2.19. The predicted molar refractivity (Wildman–Crippen MR) is 87.2 cm³/mol. The Hall–Kier alpha value is -2.47. The van der Waals surface area contributed by atoms with E-state index in [9.17, 15) is 4.39 Å². The number of nitrogens with two attached hydrogens (primary N) is 1. The molecule has 0 spiro atoms. The van der Waals surface area contributed by atoms with Crippen LogP contribution in [0.15, 0.2) is 53.7 Å². The van der Waals surface area contributed by atoms with Crippen LogP contribution in [0.25, 0.3) is 0 Å². The van der Waals surface area contributed by atoms with Gasteiger partial charge in [-0.1, -0.05) is 18.2 Å². The number of nitrogens with zero attached hydrogens (tertiary/aromatic N) is 3. The van der Waals surface area contributed by atoms with Crippen LogP contribution in [0.5, 0.6) is 0 Å². The number of anilines is 1. The van der Waals surface area contributed by atoms with Crippen molar-refractivity contribution in [2.75, 3.05) is 26.0 Å². The van der Waals surface area contributed by atoms with Gasteiger partial charge in [-0.25, -0.2) is 9.37 Å². The fourth-order valence-electron chi connectivity index (χ4n) is 2.07. The zero-order valence-electron chi connectivity index (χ0n) is 12.7. The molecule has 0 saturated carbocycles. The molecular weight excluding hydrogens is 281 g/mol. The van der Waals surface area contributed by atoms with Crippen LogP contribution in [0.3, 0.4) is 0 Å². The smallest absolute Gasteiger partial charge is 0.194 e. The minimum Gasteiger partial charge on any atom is -0.370 e. The first-order valence-corrected chi connectivity index (χ1v) is 6.96. The molecule has 0 aliphatic heterocycles. The number of benzene rings is 1. The maximum Gasteiger partial charge on any atom is 0.194 e. The molecule has 0 aliphatic rings. The summed E-state index contributed by atoms with van der Waals surface area (Å²) in [5, 5.41) is 2.92. The SMILES string of the molecule is CN(C)C(CN=C(N)Nc1ccccn1)c1cccc(F)c1. The first-order valence-electron chi connectivity index (χ1n) is 6.96. The second kappa shape index (κ2) is 7.51. The van der Waals surface area contributed by atoms with E-state index in [2.05, 4.69) is 15.3 Å². The van der Waals surface area contributed by atoms with E-state index in [1.807, 2.05) is 37.2 Å². The second-order valence-corrected chi connectivity index (χ2v) is 5.10. The van der Waals surface area contributed by atoms with Crippen molar-refractivity contribution in [3.05, 3.63) is 60.0 Å². The van der Waals surface area contributed by atoms with Crippen LogP contribution in [-0.4, -0.2) is 36.5 Å². The molecule has 1 aromatic heterocycles. The minimum atomic E-state index is -0.257. The van der Waals surface area contributed by atoms with Gasteiger partial charge in [-0.15, -0.1) is 0 Å². The van der Waals surface area contributed by atoms with E-state index in [1.165, 1.54) is 12.1 Å². The molecule has 1 unspecified atom stereocenters. The van der Waals surface area contributed by atoms with Crippen molar-refractivity contribution in [3.8, 4) is 0 Å². The maximum absolute atomic E-state index is 13.4. The highest BCUT2D eigenvalue weighted by molar-refractivity contribution is 5.91. The number of hydrogen-bond donors (Lipinski definition) is 2. The van der Waals surface area contributed by atoms with Gasteiger partial charge in [-0.3, -0.25) is 4.99 Å². The van der Waals surface area contributed by atoms with Gasteiger partial charge in [0.15, 0.2) is 5.96 Å². The van der Waals surface area contributed by atoms with E-state index in [1.54, 1.807) is 18.3 Å². The van der Waals surface area contributed by atoms with Gasteiger partial charge in [0.05, 0.1) is 12.6 Å². The first-order chi connectivity index (χ1) is 10.6. The number of halogens is 1. The molecule has 116 valence electrons. The van der Waals surface area contributed by atoms with Crippen molar-refractivity contribution < 1.29 is 4.39 Å². The topological polar surface area (TPSA) is 66.5 Å². The Bertz CT molecular complexity index is 627. The summed E-state index contributed by atoms with van der Waals surface area (Å²) in [6, 6.07) is 12.0. The summed E-state index contributed by atoms with van der Waals surface area (Å²) in [6.45, 7) is 0.419. The van der Waals surface area contributed by atoms with Gasteiger partial charge in [0, 0.05) is 6.20 Å². The zero-order chi connectivity index (χ0) is 15.9. The van der Waals surface area contributed by atoms with Crippen LogP contribution in [0, 0.1) is 5.82 Å². The van der Waals surface area contributed by atoms with Crippen LogP contribution in [0.4, 0.5) is 10.2 Å². The number of pyridine rings is 1. The Balaban J connectivity index is 2.07. The molecule has 5 nitrogen and oxygen atoms in total. The third kappa shape index (κ3) is 4.53. The lowest BCUT2D eigenvalue weighted by atomic mass is 10.1. The van der Waals surface area contributed by atoms with Gasteiger partial charge in [0.1, 0.15) is 11.6 Å². The average Bonchev–Trinajstić information content (AvgIpc) is 2.48. The fraction of sp³-hybridized carbons (Fsp3) is 0.250. The molecule has 2 aromatic rings. The molecule has 2 rings (SSSR count). The number of rotatable bonds is 5. The average molecular weight is 301 g/mol. The molecule has 0 bridgehead atoms. The fourth-order valence-corrected chi connectivity index (χ4v) is 2.07. The second-order valence-electron chi connectivity index (χ2n) is 5.10. The predicted octanol–water partition coefficient (Wildman–Crippen LogP) is 2.25. The molecule has 1 aromatic carbocycles. The Morgan fingerprint density at radius 3 is 2.77 bits per heavy atom. The third-order valence-corrected chi connectivity index (χ3v) is 3.21. The zero-order valence-corrected chi connectivity index (χ0v) is 12.7. The Labute approximate surface area is 129 Å². The summed E-state index contributed by atoms with van der Waals surface area (Å²) in [7, 11) is 3.85. The van der Waals surface area contributed by atoms with Crippen molar-refractivity contribution in [3.63, 3.8) is 0 Å². The number of hydrogen-bond acceptors (Lipinski definition) is 3. The summed E-state index contributed by atoms with van der Waals surface area (Å²) in [4.78, 5) is 10.4. The molecule has 1 heterocycles. The van der Waals surface area contributed by atoms with E-state index in [0.29, 0.717) is 12.4 Å². The van der Waals surface area contributed by atoms with E-state index >= 15 is 0 Å². The number of aliphatic imine (C=N–C) groups is 1. The van der Waals surface area contributed by atoms with Crippen LogP contribution < -0.4 is 11.1 Å². The molecule has 0 fully saturated rings. The Morgan fingerprint density at radius 2 is 2.14 bits per heavy atom. The van der Waals surface area contributed by atoms with E-state index in [4.69, 9.17) is 5.73 Å². The Morgan fingerprint density at radius 1 is 1.32 bits per heavy atom. The molecule has 6 heteroatoms. The lowest BCUT2D eigenvalue weighted by Gasteiger charge is -2.23. The molecular formula is C16H20FN5. The third-order valence-electron chi connectivity index (χ3n) is 3.21. The molecule has 22 heavy (non-hydrogen) atoms. The van der Waals surface area contributed by atoms with Crippen molar-refractivity contribution in [2.24, 2.45) is 10.7 Å². The molecule has 3 N–H and O–H groups in total. The van der Waals surface area contributed by atoms with Crippen LogP contribution in [-0.2, 0) is 0 Å². The van der Waals surface area contributed by atoms with Crippen molar-refractivity contribution in [1.29, 1.82) is 0 Å². The van der Waals surface area contributed by atoms with Gasteiger partial charge in [0.25, 0.3) is 0 Å². The highest BCUT2D eigenvalue weighted by Gasteiger charge is 2.14. The van der Waals surface area contributed by atoms with Crippen LogP contribution in [0.1, 0.15) is 11.6 Å². The number of guanidine groups is 1. The number of nitrogens with one attached hydrogen (secondary N) is 1. The quantitative estimate of drug-likeness (QED) is 0.656. The summed E-state index contributed by atoms with van der Waals surface area (Å²) in [5.41, 5.74) is 6.73.